The molecule has 0 unspecified atom stereocenters. The Morgan fingerprint density at radius 3 is 2.16 bits per heavy atom. The van der Waals surface area contributed by atoms with Crippen LogP contribution in [0.15, 0.2) is 53.4 Å². The number of amides is 1. The molecule has 0 fully saturated rings. The van der Waals surface area contributed by atoms with E-state index < -0.39 is 10.0 Å². The number of benzene rings is 2. The van der Waals surface area contributed by atoms with Gasteiger partial charge in [-0.3, -0.25) is 4.79 Å². The normalized spacial score (nSPS) is 11.5. The van der Waals surface area contributed by atoms with Gasteiger partial charge in [-0.05, 0) is 54.8 Å². The van der Waals surface area contributed by atoms with Crippen LogP contribution in [0.1, 0.15) is 51.5 Å². The molecule has 2 aromatic rings. The minimum absolute atomic E-state index is 0.191. The molecule has 0 aliphatic rings. The van der Waals surface area contributed by atoms with E-state index in [2.05, 4.69) is 12.2 Å². The second kappa shape index (κ2) is 12.5. The fraction of sp³-hybridized carbons (Fsp3) is 0.458. The highest BCUT2D eigenvalue weighted by Gasteiger charge is 2.24. The SMILES string of the molecule is CCCCCCCN(CCc1ccc(OC)cc1)S(=O)(=O)c1ccc(NC(C)=O)cc1. The number of sulfonamides is 1. The van der Waals surface area contributed by atoms with Gasteiger partial charge >= 0.3 is 0 Å². The molecule has 0 spiro atoms. The number of hydrogen-bond donors (Lipinski definition) is 1. The molecule has 0 saturated heterocycles. The third kappa shape index (κ3) is 7.99. The first-order chi connectivity index (χ1) is 14.9. The molecule has 2 rings (SSSR count). The Morgan fingerprint density at radius 1 is 0.935 bits per heavy atom. The fourth-order valence-corrected chi connectivity index (χ4v) is 4.83. The van der Waals surface area contributed by atoms with Crippen LogP contribution in [-0.2, 0) is 21.2 Å². The summed E-state index contributed by atoms with van der Waals surface area (Å²) in [5.41, 5.74) is 1.64. The van der Waals surface area contributed by atoms with E-state index in [9.17, 15) is 13.2 Å². The highest BCUT2D eigenvalue weighted by atomic mass is 32.2. The molecular formula is C24H34N2O4S. The molecule has 170 valence electrons. The van der Waals surface area contributed by atoms with Gasteiger partial charge in [0.25, 0.3) is 0 Å². The van der Waals surface area contributed by atoms with Crippen molar-refractivity contribution in [1.82, 2.24) is 4.31 Å². The van der Waals surface area contributed by atoms with Crippen molar-refractivity contribution in [1.29, 1.82) is 0 Å². The average molecular weight is 447 g/mol. The third-order valence-corrected chi connectivity index (χ3v) is 7.05. The van der Waals surface area contributed by atoms with Crippen LogP contribution in [0.4, 0.5) is 5.69 Å². The van der Waals surface area contributed by atoms with E-state index >= 15 is 0 Å². The van der Waals surface area contributed by atoms with Gasteiger partial charge in [0, 0.05) is 25.7 Å². The smallest absolute Gasteiger partial charge is 0.243 e. The lowest BCUT2D eigenvalue weighted by atomic mass is 10.1. The van der Waals surface area contributed by atoms with Crippen LogP contribution < -0.4 is 10.1 Å². The molecule has 0 heterocycles. The molecule has 0 aromatic heterocycles. The molecule has 0 atom stereocenters. The Kier molecular flexibility index (Phi) is 10.0. The van der Waals surface area contributed by atoms with Crippen molar-refractivity contribution in [3.63, 3.8) is 0 Å². The van der Waals surface area contributed by atoms with Crippen LogP contribution in [0, 0.1) is 0 Å². The summed E-state index contributed by atoms with van der Waals surface area (Å²) in [6.07, 6.45) is 5.93. The minimum Gasteiger partial charge on any atom is -0.497 e. The van der Waals surface area contributed by atoms with Gasteiger partial charge < -0.3 is 10.1 Å². The van der Waals surface area contributed by atoms with E-state index in [1.165, 1.54) is 13.3 Å². The second-order valence-corrected chi connectivity index (χ2v) is 9.56. The highest BCUT2D eigenvalue weighted by molar-refractivity contribution is 7.89. The van der Waals surface area contributed by atoms with E-state index in [-0.39, 0.29) is 10.8 Å². The lowest BCUT2D eigenvalue weighted by molar-refractivity contribution is -0.114. The summed E-state index contributed by atoms with van der Waals surface area (Å²) >= 11 is 0. The van der Waals surface area contributed by atoms with Crippen molar-refractivity contribution >= 4 is 21.6 Å². The second-order valence-electron chi connectivity index (χ2n) is 7.62. The summed E-state index contributed by atoms with van der Waals surface area (Å²) in [5.74, 6) is 0.590. The number of hydrogen-bond acceptors (Lipinski definition) is 4. The van der Waals surface area contributed by atoms with Crippen molar-refractivity contribution in [2.24, 2.45) is 0 Å². The first-order valence-electron chi connectivity index (χ1n) is 10.9. The fourth-order valence-electron chi connectivity index (χ4n) is 3.35. The third-order valence-electron chi connectivity index (χ3n) is 5.13. The van der Waals surface area contributed by atoms with Gasteiger partial charge in [-0.2, -0.15) is 4.31 Å². The van der Waals surface area contributed by atoms with Crippen molar-refractivity contribution < 1.29 is 17.9 Å². The Labute approximate surface area is 186 Å². The standard InChI is InChI=1S/C24H34N2O4S/c1-4-5-6-7-8-18-26(19-17-21-9-13-23(30-3)14-10-21)31(28,29)24-15-11-22(12-16-24)25-20(2)27/h9-16H,4-8,17-19H2,1-3H3,(H,25,27). The highest BCUT2D eigenvalue weighted by Crippen LogP contribution is 2.21. The zero-order valence-corrected chi connectivity index (χ0v) is 19.6. The molecule has 1 N–H and O–H groups in total. The van der Waals surface area contributed by atoms with Gasteiger partial charge in [-0.25, -0.2) is 8.42 Å². The van der Waals surface area contributed by atoms with E-state index in [0.717, 1.165) is 37.0 Å². The number of anilines is 1. The monoisotopic (exact) mass is 446 g/mol. The predicted molar refractivity (Wildman–Crippen MR) is 125 cm³/mol. The maximum atomic E-state index is 13.3. The summed E-state index contributed by atoms with van der Waals surface area (Å²) < 4.78 is 33.4. The maximum absolute atomic E-state index is 13.3. The molecule has 1 amide bonds. The molecule has 0 aliphatic heterocycles. The van der Waals surface area contributed by atoms with Crippen LogP contribution in [0.2, 0.25) is 0 Å². The molecule has 0 radical (unpaired) electrons. The minimum atomic E-state index is -3.63. The van der Waals surface area contributed by atoms with Crippen LogP contribution in [-0.4, -0.2) is 38.8 Å². The van der Waals surface area contributed by atoms with E-state index in [4.69, 9.17) is 4.74 Å². The molecule has 31 heavy (non-hydrogen) atoms. The number of nitrogens with one attached hydrogen (secondary N) is 1. The Morgan fingerprint density at radius 2 is 1.58 bits per heavy atom. The summed E-state index contributed by atoms with van der Waals surface area (Å²) in [7, 11) is -2.00. The van der Waals surface area contributed by atoms with E-state index in [0.29, 0.717) is 25.2 Å². The zero-order chi connectivity index (χ0) is 22.7. The largest absolute Gasteiger partial charge is 0.497 e. The number of ether oxygens (including phenoxy) is 1. The van der Waals surface area contributed by atoms with Gasteiger partial charge in [-0.1, -0.05) is 44.7 Å². The van der Waals surface area contributed by atoms with E-state index in [1.807, 2.05) is 24.3 Å². The molecule has 0 saturated carbocycles. The number of nitrogens with zero attached hydrogens (tertiary/aromatic N) is 1. The number of carbonyl (C=O) groups is 1. The summed E-state index contributed by atoms with van der Waals surface area (Å²) in [6, 6.07) is 14.1. The van der Waals surface area contributed by atoms with Crippen LogP contribution in [0.3, 0.4) is 0 Å². The molecular weight excluding hydrogens is 412 g/mol. The number of carbonyl (C=O) groups excluding carboxylic acids is 1. The summed E-state index contributed by atoms with van der Waals surface area (Å²) in [6.45, 7) is 4.49. The van der Waals surface area contributed by atoms with Gasteiger partial charge in [-0.15, -0.1) is 0 Å². The number of methoxy groups -OCH3 is 1. The van der Waals surface area contributed by atoms with Crippen molar-refractivity contribution in [2.75, 3.05) is 25.5 Å². The Balaban J connectivity index is 2.12. The molecule has 0 bridgehead atoms. The first-order valence-corrected chi connectivity index (χ1v) is 12.3. The lowest BCUT2D eigenvalue weighted by Gasteiger charge is -2.22. The maximum Gasteiger partial charge on any atom is 0.243 e. The van der Waals surface area contributed by atoms with Crippen molar-refractivity contribution in [3.8, 4) is 5.75 Å². The zero-order valence-electron chi connectivity index (χ0n) is 18.8. The Bertz CT molecular complexity index is 910. The van der Waals surface area contributed by atoms with Gasteiger partial charge in [0.2, 0.25) is 15.9 Å². The van der Waals surface area contributed by atoms with Crippen LogP contribution in [0.5, 0.6) is 5.75 Å². The van der Waals surface area contributed by atoms with Crippen LogP contribution >= 0.6 is 0 Å². The number of unbranched alkanes of at least 4 members (excludes halogenated alkanes) is 4. The summed E-state index contributed by atoms with van der Waals surface area (Å²) in [5, 5.41) is 2.66. The lowest BCUT2D eigenvalue weighted by Crippen LogP contribution is -2.34. The van der Waals surface area contributed by atoms with Gasteiger partial charge in [0.05, 0.1) is 12.0 Å². The summed E-state index contributed by atoms with van der Waals surface area (Å²) in [4.78, 5) is 11.5. The molecule has 2 aromatic carbocycles. The quantitative estimate of drug-likeness (QED) is 0.446. The van der Waals surface area contributed by atoms with Crippen LogP contribution in [0.25, 0.3) is 0 Å². The average Bonchev–Trinajstić information content (AvgIpc) is 2.76. The van der Waals surface area contributed by atoms with Gasteiger partial charge in [0.1, 0.15) is 5.75 Å². The Hall–Kier alpha value is -2.38. The van der Waals surface area contributed by atoms with Crippen molar-refractivity contribution in [3.05, 3.63) is 54.1 Å². The molecule has 7 heteroatoms. The topological polar surface area (TPSA) is 75.7 Å². The van der Waals surface area contributed by atoms with Crippen molar-refractivity contribution in [2.45, 2.75) is 57.3 Å². The van der Waals surface area contributed by atoms with E-state index in [1.54, 1.807) is 35.7 Å². The predicted octanol–water partition coefficient (Wildman–Crippen LogP) is 4.86. The molecule has 6 nitrogen and oxygen atoms in total. The van der Waals surface area contributed by atoms with Gasteiger partial charge in [0.15, 0.2) is 0 Å². The number of rotatable bonds is 13. The first kappa shape index (κ1) is 24.9. The molecule has 0 aliphatic carbocycles.